The second-order valence-electron chi connectivity index (χ2n) is 10.8. The number of aliphatic hydroxyl groups is 2. The maximum absolute atomic E-state index is 12.3. The van der Waals surface area contributed by atoms with E-state index < -0.39 is 111 Å². The number of hydrogen-bond donors (Lipinski definition) is 2. The summed E-state index contributed by atoms with van der Waals surface area (Å²) in [6, 6.07) is 0. The van der Waals surface area contributed by atoms with Crippen molar-refractivity contribution in [1.29, 1.82) is 0 Å². The second-order valence-corrected chi connectivity index (χ2v) is 14.3. The van der Waals surface area contributed by atoms with Gasteiger partial charge in [-0.05, 0) is 20.3 Å². The summed E-state index contributed by atoms with van der Waals surface area (Å²) in [5, 5.41) is 20.6. The van der Waals surface area contributed by atoms with Gasteiger partial charge in [0.05, 0.1) is 37.9 Å². The van der Waals surface area contributed by atoms with E-state index in [1.54, 1.807) is 0 Å². The molecule has 0 radical (unpaired) electrons. The Morgan fingerprint density at radius 2 is 0.933 bits per heavy atom. The predicted octanol–water partition coefficient (Wildman–Crippen LogP) is 0.968. The Morgan fingerprint density at radius 1 is 0.622 bits per heavy atom. The van der Waals surface area contributed by atoms with Gasteiger partial charge in [-0.3, -0.25) is 8.37 Å². The molecule has 0 amide bonds. The lowest BCUT2D eigenvalue weighted by molar-refractivity contribution is -0.185. The van der Waals surface area contributed by atoms with E-state index in [4.69, 9.17) is 17.8 Å². The molecule has 45 heavy (non-hydrogen) atoms. The van der Waals surface area contributed by atoms with Crippen LogP contribution in [0.4, 0.5) is 9.59 Å². The zero-order chi connectivity index (χ0) is 35.2. The summed E-state index contributed by atoms with van der Waals surface area (Å²) in [6.07, 6.45) is -9.34. The standard InChI is InChI=1S/C25H44O18S2/c1-9-36-22(30)42-16(3)40-20(28)18(26)24(5,6)14-38-44(32,33)12-11-13-45(34,35)39-15-25(7,8)19(27)21(29)41-17(4)43-23(31)37-10-2/h16-19,26-27H,9-15H2,1-8H3/t16?,17?,18-,19-/m1/s1. The second kappa shape index (κ2) is 18.4. The minimum Gasteiger partial charge on any atom is -0.435 e. The monoisotopic (exact) mass is 696 g/mol. The fourth-order valence-electron chi connectivity index (χ4n) is 2.89. The van der Waals surface area contributed by atoms with Crippen molar-refractivity contribution in [2.45, 2.75) is 86.6 Å². The SMILES string of the molecule is CCOC(=O)OC(C)OC(=O)[C@@H](O)C(C)(C)COS(=O)(=O)CCCS(=O)(=O)OCC(C)(C)[C@H](O)C(=O)OC(C)OC(=O)OCC. The molecule has 0 saturated carbocycles. The van der Waals surface area contributed by atoms with Gasteiger partial charge in [0.25, 0.3) is 20.2 Å². The summed E-state index contributed by atoms with van der Waals surface area (Å²) in [6.45, 7) is 9.24. The largest absolute Gasteiger partial charge is 0.511 e. The topological polar surface area (TPSA) is 251 Å². The number of aliphatic hydroxyl groups excluding tert-OH is 2. The summed E-state index contributed by atoms with van der Waals surface area (Å²) in [5.74, 6) is -4.04. The van der Waals surface area contributed by atoms with Crippen molar-refractivity contribution in [2.24, 2.45) is 10.8 Å². The lowest BCUT2D eigenvalue weighted by Gasteiger charge is -2.29. The van der Waals surface area contributed by atoms with Gasteiger partial charge in [-0.2, -0.15) is 16.8 Å². The fraction of sp³-hybridized carbons (Fsp3) is 0.840. The molecule has 264 valence electrons. The van der Waals surface area contributed by atoms with Crippen molar-refractivity contribution in [3.63, 3.8) is 0 Å². The molecule has 0 aromatic carbocycles. The molecule has 2 unspecified atom stereocenters. The van der Waals surface area contributed by atoms with Gasteiger partial charge in [-0.15, -0.1) is 0 Å². The zero-order valence-electron chi connectivity index (χ0n) is 26.5. The van der Waals surface area contributed by atoms with Crippen LogP contribution in [-0.2, 0) is 66.6 Å². The molecular weight excluding hydrogens is 652 g/mol. The molecule has 0 aromatic heterocycles. The van der Waals surface area contributed by atoms with Gasteiger partial charge < -0.3 is 38.6 Å². The van der Waals surface area contributed by atoms with E-state index in [-0.39, 0.29) is 13.2 Å². The van der Waals surface area contributed by atoms with Crippen LogP contribution in [0.15, 0.2) is 0 Å². The van der Waals surface area contributed by atoms with Crippen molar-refractivity contribution in [2.75, 3.05) is 37.9 Å². The van der Waals surface area contributed by atoms with Crippen LogP contribution in [0.5, 0.6) is 0 Å². The third-order valence-corrected chi connectivity index (χ3v) is 8.08. The van der Waals surface area contributed by atoms with Crippen LogP contribution in [0.25, 0.3) is 0 Å². The van der Waals surface area contributed by atoms with Crippen molar-refractivity contribution >= 4 is 44.5 Å². The van der Waals surface area contributed by atoms with Crippen LogP contribution in [0.2, 0.25) is 0 Å². The predicted molar refractivity (Wildman–Crippen MR) is 151 cm³/mol. The highest BCUT2D eigenvalue weighted by Gasteiger charge is 2.39. The van der Waals surface area contributed by atoms with E-state index >= 15 is 0 Å². The third-order valence-electron chi connectivity index (χ3n) is 5.55. The Hall–Kier alpha value is -2.78. The number of rotatable bonds is 20. The zero-order valence-corrected chi connectivity index (χ0v) is 28.1. The summed E-state index contributed by atoms with van der Waals surface area (Å²) in [5.41, 5.74) is -3.03. The maximum Gasteiger partial charge on any atom is 0.511 e. The highest BCUT2D eigenvalue weighted by Crippen LogP contribution is 2.25. The molecule has 2 N–H and O–H groups in total. The molecule has 0 fully saturated rings. The Kier molecular flexibility index (Phi) is 17.3. The van der Waals surface area contributed by atoms with Gasteiger partial charge in [0.1, 0.15) is 0 Å². The first-order chi connectivity index (χ1) is 20.5. The summed E-state index contributed by atoms with van der Waals surface area (Å²) >= 11 is 0. The van der Waals surface area contributed by atoms with E-state index in [0.29, 0.717) is 0 Å². The van der Waals surface area contributed by atoms with Gasteiger partial charge in [-0.1, -0.05) is 27.7 Å². The Morgan fingerprint density at radius 3 is 1.22 bits per heavy atom. The van der Waals surface area contributed by atoms with Crippen molar-refractivity contribution in [3.05, 3.63) is 0 Å². The molecule has 0 spiro atoms. The number of esters is 2. The first-order valence-electron chi connectivity index (χ1n) is 13.7. The first-order valence-corrected chi connectivity index (χ1v) is 16.8. The van der Waals surface area contributed by atoms with Crippen LogP contribution in [0.1, 0.15) is 61.8 Å². The van der Waals surface area contributed by atoms with Crippen LogP contribution in [-0.4, -0.2) is 114 Å². The van der Waals surface area contributed by atoms with Crippen molar-refractivity contribution in [1.82, 2.24) is 0 Å². The molecular formula is C25H44O18S2. The number of ether oxygens (including phenoxy) is 6. The molecule has 0 heterocycles. The van der Waals surface area contributed by atoms with Gasteiger partial charge in [-0.25, -0.2) is 19.2 Å². The van der Waals surface area contributed by atoms with Crippen LogP contribution >= 0.6 is 0 Å². The molecule has 0 bridgehead atoms. The van der Waals surface area contributed by atoms with Crippen LogP contribution in [0, 0.1) is 10.8 Å². The smallest absolute Gasteiger partial charge is 0.435 e. The Balaban J connectivity index is 4.85. The average molecular weight is 697 g/mol. The van der Waals surface area contributed by atoms with E-state index in [9.17, 15) is 46.2 Å². The Labute approximate surface area is 262 Å². The van der Waals surface area contributed by atoms with Crippen molar-refractivity contribution in [3.8, 4) is 0 Å². The summed E-state index contributed by atoms with van der Waals surface area (Å²) < 4.78 is 87.0. The Bertz CT molecular complexity index is 1100. The average Bonchev–Trinajstić information content (AvgIpc) is 2.89. The van der Waals surface area contributed by atoms with Crippen LogP contribution < -0.4 is 0 Å². The highest BCUT2D eigenvalue weighted by molar-refractivity contribution is 7.87. The highest BCUT2D eigenvalue weighted by atomic mass is 32.2. The molecule has 20 heteroatoms. The summed E-state index contributed by atoms with van der Waals surface area (Å²) in [7, 11) is -8.70. The molecule has 0 aliphatic rings. The molecule has 18 nitrogen and oxygen atoms in total. The van der Waals surface area contributed by atoms with E-state index in [1.807, 2.05) is 0 Å². The molecule has 0 aliphatic heterocycles. The minimum absolute atomic E-state index is 0.0120. The van der Waals surface area contributed by atoms with Gasteiger partial charge >= 0.3 is 24.2 Å². The lowest BCUT2D eigenvalue weighted by Crippen LogP contribution is -2.43. The van der Waals surface area contributed by atoms with Gasteiger partial charge in [0, 0.05) is 24.7 Å². The number of hydrogen-bond acceptors (Lipinski definition) is 18. The fourth-order valence-corrected chi connectivity index (χ4v) is 5.27. The molecule has 4 atom stereocenters. The molecule has 0 saturated heterocycles. The number of carbonyl (C=O) groups is 4. The first kappa shape index (κ1) is 42.2. The lowest BCUT2D eigenvalue weighted by atomic mass is 9.87. The molecule has 0 rings (SSSR count). The normalized spacial score (nSPS) is 15.2. The third kappa shape index (κ3) is 16.9. The quantitative estimate of drug-likeness (QED) is 0.0778. The van der Waals surface area contributed by atoms with Crippen LogP contribution in [0.3, 0.4) is 0 Å². The molecule has 0 aromatic rings. The number of carbonyl (C=O) groups excluding carboxylic acids is 4. The van der Waals surface area contributed by atoms with Gasteiger partial charge in [0.15, 0.2) is 12.2 Å². The molecule has 0 aliphatic carbocycles. The van der Waals surface area contributed by atoms with E-state index in [0.717, 1.165) is 0 Å². The van der Waals surface area contributed by atoms with E-state index in [2.05, 4.69) is 18.9 Å². The maximum atomic E-state index is 12.3. The summed E-state index contributed by atoms with van der Waals surface area (Å²) in [4.78, 5) is 47.0. The minimum atomic E-state index is -4.35. The van der Waals surface area contributed by atoms with Gasteiger partial charge in [0.2, 0.25) is 12.6 Å². The van der Waals surface area contributed by atoms with E-state index in [1.165, 1.54) is 55.4 Å². The van der Waals surface area contributed by atoms with Crippen molar-refractivity contribution < 1.29 is 83.0 Å².